The molecule has 2 aliphatic rings. The maximum absolute atomic E-state index is 9.62. The summed E-state index contributed by atoms with van der Waals surface area (Å²) in [4.78, 5) is 0. The van der Waals surface area contributed by atoms with Gasteiger partial charge in [0.2, 0.25) is 0 Å². The van der Waals surface area contributed by atoms with E-state index in [-0.39, 0.29) is 0 Å². The van der Waals surface area contributed by atoms with Crippen molar-refractivity contribution in [1.82, 2.24) is 5.32 Å². The SMILES string of the molecule is C[C@]1(O)C[C@H]2CN[C@@H]1C2. The molecule has 1 aliphatic heterocycles. The quantitative estimate of drug-likeness (QED) is 0.484. The molecule has 0 aromatic heterocycles. The summed E-state index contributed by atoms with van der Waals surface area (Å²) in [5, 5.41) is 12.9. The van der Waals surface area contributed by atoms with Crippen LogP contribution in [0.1, 0.15) is 19.8 Å². The largest absolute Gasteiger partial charge is 0.389 e. The van der Waals surface area contributed by atoms with Gasteiger partial charge in [-0.1, -0.05) is 0 Å². The molecule has 0 radical (unpaired) electrons. The smallest absolute Gasteiger partial charge is 0.0775 e. The Morgan fingerprint density at radius 2 is 2.44 bits per heavy atom. The molecule has 2 rings (SSSR count). The lowest BCUT2D eigenvalue weighted by molar-refractivity contribution is 0.0258. The van der Waals surface area contributed by atoms with Gasteiger partial charge in [-0.3, -0.25) is 0 Å². The standard InChI is InChI=1S/C7H13NO/c1-7(9)3-5-2-6(7)8-4-5/h5-6,8-9H,2-4H2,1H3/t5-,6+,7-/m0/s1. The Bertz CT molecular complexity index is 133. The number of fused-ring (bicyclic) bond motifs is 2. The predicted octanol–water partition coefficient (Wildman–Crippen LogP) is 0.119. The Balaban J connectivity index is 2.18. The average Bonchev–Trinajstić information content (AvgIpc) is 2.19. The third kappa shape index (κ3) is 0.700. The second-order valence-corrected chi connectivity index (χ2v) is 3.62. The molecule has 2 fully saturated rings. The fourth-order valence-electron chi connectivity index (χ4n) is 2.16. The Morgan fingerprint density at radius 1 is 1.67 bits per heavy atom. The number of nitrogens with one attached hydrogen (secondary N) is 1. The molecule has 3 atom stereocenters. The molecule has 1 saturated carbocycles. The van der Waals surface area contributed by atoms with Gasteiger partial charge in [-0.05, 0) is 32.2 Å². The average molecular weight is 127 g/mol. The van der Waals surface area contributed by atoms with E-state index in [0.717, 1.165) is 18.9 Å². The Morgan fingerprint density at radius 3 is 2.67 bits per heavy atom. The van der Waals surface area contributed by atoms with E-state index in [0.29, 0.717) is 6.04 Å². The number of aliphatic hydroxyl groups is 1. The highest BCUT2D eigenvalue weighted by Crippen LogP contribution is 2.38. The van der Waals surface area contributed by atoms with Gasteiger partial charge in [0.1, 0.15) is 0 Å². The predicted molar refractivity (Wildman–Crippen MR) is 35.1 cm³/mol. The third-order valence-corrected chi connectivity index (χ3v) is 2.67. The monoisotopic (exact) mass is 127 g/mol. The van der Waals surface area contributed by atoms with Crippen molar-refractivity contribution >= 4 is 0 Å². The zero-order valence-electron chi connectivity index (χ0n) is 5.72. The minimum absolute atomic E-state index is 0.391. The van der Waals surface area contributed by atoms with Crippen molar-refractivity contribution in [2.24, 2.45) is 5.92 Å². The zero-order valence-corrected chi connectivity index (χ0v) is 5.72. The Hall–Kier alpha value is -0.0800. The first-order valence-electron chi connectivity index (χ1n) is 3.64. The van der Waals surface area contributed by atoms with E-state index in [4.69, 9.17) is 0 Å². The van der Waals surface area contributed by atoms with Crippen LogP contribution in [-0.4, -0.2) is 23.3 Å². The van der Waals surface area contributed by atoms with E-state index in [1.807, 2.05) is 6.92 Å². The van der Waals surface area contributed by atoms with E-state index in [2.05, 4.69) is 5.32 Å². The van der Waals surface area contributed by atoms with Crippen LogP contribution in [0.4, 0.5) is 0 Å². The van der Waals surface area contributed by atoms with E-state index in [9.17, 15) is 5.11 Å². The maximum atomic E-state index is 9.62. The summed E-state index contributed by atoms with van der Waals surface area (Å²) in [5.74, 6) is 0.755. The van der Waals surface area contributed by atoms with E-state index >= 15 is 0 Å². The molecule has 2 bridgehead atoms. The lowest BCUT2D eigenvalue weighted by Crippen LogP contribution is -2.45. The second kappa shape index (κ2) is 1.50. The van der Waals surface area contributed by atoms with Crippen LogP contribution in [0.25, 0.3) is 0 Å². The molecule has 9 heavy (non-hydrogen) atoms. The molecular formula is C7H13NO. The van der Waals surface area contributed by atoms with Crippen molar-refractivity contribution in [2.45, 2.75) is 31.4 Å². The first-order chi connectivity index (χ1) is 4.18. The molecule has 1 heterocycles. The second-order valence-electron chi connectivity index (χ2n) is 3.62. The highest BCUT2D eigenvalue weighted by molar-refractivity contribution is 5.03. The fourth-order valence-corrected chi connectivity index (χ4v) is 2.16. The topological polar surface area (TPSA) is 32.3 Å². The number of hydrogen-bond donors (Lipinski definition) is 2. The summed E-state index contributed by atoms with van der Waals surface area (Å²) in [6.45, 7) is 3.06. The van der Waals surface area contributed by atoms with Gasteiger partial charge >= 0.3 is 0 Å². The summed E-state index contributed by atoms with van der Waals surface area (Å²) in [6, 6.07) is 0.391. The molecule has 2 nitrogen and oxygen atoms in total. The normalized spacial score (nSPS) is 56.7. The van der Waals surface area contributed by atoms with Gasteiger partial charge in [-0.25, -0.2) is 0 Å². The third-order valence-electron chi connectivity index (χ3n) is 2.67. The highest BCUT2D eigenvalue weighted by atomic mass is 16.3. The van der Waals surface area contributed by atoms with Gasteiger partial charge in [-0.2, -0.15) is 0 Å². The molecule has 52 valence electrons. The summed E-state index contributed by atoms with van der Waals surface area (Å²) < 4.78 is 0. The van der Waals surface area contributed by atoms with Crippen LogP contribution in [0, 0.1) is 5.92 Å². The van der Waals surface area contributed by atoms with Crippen LogP contribution in [0.15, 0.2) is 0 Å². The molecule has 2 heteroatoms. The molecule has 1 aliphatic carbocycles. The molecule has 0 spiro atoms. The van der Waals surface area contributed by atoms with Gasteiger partial charge in [0.15, 0.2) is 0 Å². The van der Waals surface area contributed by atoms with Crippen LogP contribution in [0.3, 0.4) is 0 Å². The van der Waals surface area contributed by atoms with Crippen molar-refractivity contribution in [1.29, 1.82) is 0 Å². The van der Waals surface area contributed by atoms with Gasteiger partial charge in [-0.15, -0.1) is 0 Å². The summed E-state index contributed by atoms with van der Waals surface area (Å²) >= 11 is 0. The lowest BCUT2D eigenvalue weighted by Gasteiger charge is -2.28. The molecule has 1 saturated heterocycles. The zero-order chi connectivity index (χ0) is 6.48. The Labute approximate surface area is 55.3 Å². The molecule has 0 amide bonds. The van der Waals surface area contributed by atoms with Crippen LogP contribution < -0.4 is 5.32 Å². The van der Waals surface area contributed by atoms with Crippen molar-refractivity contribution in [3.8, 4) is 0 Å². The summed E-state index contributed by atoms with van der Waals surface area (Å²) in [7, 11) is 0. The van der Waals surface area contributed by atoms with Crippen molar-refractivity contribution in [2.75, 3.05) is 6.54 Å². The summed E-state index contributed by atoms with van der Waals surface area (Å²) in [6.07, 6.45) is 2.19. The minimum atomic E-state index is -0.400. The van der Waals surface area contributed by atoms with Crippen molar-refractivity contribution < 1.29 is 5.11 Å². The van der Waals surface area contributed by atoms with Gasteiger partial charge in [0, 0.05) is 6.04 Å². The van der Waals surface area contributed by atoms with Crippen molar-refractivity contribution in [3.05, 3.63) is 0 Å². The van der Waals surface area contributed by atoms with Gasteiger partial charge in [0.05, 0.1) is 5.60 Å². The Kier molecular flexibility index (Phi) is 0.945. The molecule has 0 aromatic carbocycles. The summed E-state index contributed by atoms with van der Waals surface area (Å²) in [5.41, 5.74) is -0.400. The number of rotatable bonds is 0. The van der Waals surface area contributed by atoms with E-state index in [1.54, 1.807) is 0 Å². The molecular weight excluding hydrogens is 114 g/mol. The van der Waals surface area contributed by atoms with Crippen LogP contribution in [-0.2, 0) is 0 Å². The number of piperidine rings is 1. The van der Waals surface area contributed by atoms with Gasteiger partial charge < -0.3 is 10.4 Å². The molecule has 0 aromatic rings. The van der Waals surface area contributed by atoms with Crippen LogP contribution in [0.2, 0.25) is 0 Å². The maximum Gasteiger partial charge on any atom is 0.0775 e. The molecule has 2 N–H and O–H groups in total. The number of hydrogen-bond acceptors (Lipinski definition) is 2. The highest BCUT2D eigenvalue weighted by Gasteiger charge is 2.46. The lowest BCUT2D eigenvalue weighted by atomic mass is 9.97. The van der Waals surface area contributed by atoms with Crippen LogP contribution in [0.5, 0.6) is 0 Å². The van der Waals surface area contributed by atoms with Crippen molar-refractivity contribution in [3.63, 3.8) is 0 Å². The van der Waals surface area contributed by atoms with E-state index in [1.165, 1.54) is 6.42 Å². The first-order valence-corrected chi connectivity index (χ1v) is 3.64. The fraction of sp³-hybridized carbons (Fsp3) is 1.00. The van der Waals surface area contributed by atoms with E-state index < -0.39 is 5.60 Å². The van der Waals surface area contributed by atoms with Gasteiger partial charge in [0.25, 0.3) is 0 Å². The van der Waals surface area contributed by atoms with Crippen LogP contribution >= 0.6 is 0 Å². The minimum Gasteiger partial charge on any atom is -0.389 e. The first kappa shape index (κ1) is 5.69. The molecule has 0 unspecified atom stereocenters.